The first kappa shape index (κ1) is 9.52. The van der Waals surface area contributed by atoms with Gasteiger partial charge in [0.25, 0.3) is 0 Å². The molecule has 11 heavy (non-hydrogen) atoms. The molecule has 0 spiro atoms. The van der Waals surface area contributed by atoms with Gasteiger partial charge in [-0.3, -0.25) is 0 Å². The molecule has 0 fully saturated rings. The lowest BCUT2D eigenvalue weighted by Crippen LogP contribution is -2.34. The lowest BCUT2D eigenvalue weighted by Gasteiger charge is -2.29. The second kappa shape index (κ2) is 3.44. The summed E-state index contributed by atoms with van der Waals surface area (Å²) in [6, 6.07) is 0. The number of halogens is 1. The summed E-state index contributed by atoms with van der Waals surface area (Å²) in [6.07, 6.45) is 4.95. The van der Waals surface area contributed by atoms with Gasteiger partial charge < -0.3 is 0 Å². The van der Waals surface area contributed by atoms with Gasteiger partial charge in [-0.15, -0.1) is 0 Å². The average Bonchev–Trinajstić information content (AvgIpc) is 1.93. The van der Waals surface area contributed by atoms with Gasteiger partial charge in [0.2, 0.25) is 0 Å². The standard InChI is InChI=1S/C9H16IN/c1-8-5-4-6-11(10)9(2,3)7-8/h7H,4-6H2,1-3H3. The molecule has 0 radical (unpaired) electrons. The van der Waals surface area contributed by atoms with Crippen LogP contribution in [0.3, 0.4) is 0 Å². The molecule has 0 aromatic carbocycles. The lowest BCUT2D eigenvalue weighted by molar-refractivity contribution is 0.344. The van der Waals surface area contributed by atoms with Crippen LogP contribution in [0, 0.1) is 0 Å². The maximum Gasteiger partial charge on any atom is 0.0430 e. The van der Waals surface area contributed by atoms with Crippen molar-refractivity contribution in [1.29, 1.82) is 0 Å². The zero-order valence-corrected chi connectivity index (χ0v) is 9.68. The molecule has 1 heterocycles. The number of hydrogen-bond acceptors (Lipinski definition) is 1. The summed E-state index contributed by atoms with van der Waals surface area (Å²) in [5, 5.41) is 0. The highest BCUT2D eigenvalue weighted by atomic mass is 127. The van der Waals surface area contributed by atoms with E-state index in [1.165, 1.54) is 25.0 Å². The Morgan fingerprint density at radius 1 is 1.55 bits per heavy atom. The zero-order chi connectivity index (χ0) is 8.48. The molecular formula is C9H16IN. The Hall–Kier alpha value is 0.430. The van der Waals surface area contributed by atoms with Gasteiger partial charge in [-0.1, -0.05) is 11.6 Å². The second-order valence-electron chi connectivity index (χ2n) is 3.83. The Kier molecular flexibility index (Phi) is 2.97. The Morgan fingerprint density at radius 3 is 2.82 bits per heavy atom. The van der Waals surface area contributed by atoms with Crippen LogP contribution in [0.5, 0.6) is 0 Å². The van der Waals surface area contributed by atoms with Gasteiger partial charge in [0.15, 0.2) is 0 Å². The van der Waals surface area contributed by atoms with Gasteiger partial charge in [0.05, 0.1) is 0 Å². The molecule has 0 amide bonds. The van der Waals surface area contributed by atoms with E-state index in [9.17, 15) is 0 Å². The molecule has 0 N–H and O–H groups in total. The molecule has 0 unspecified atom stereocenters. The molecule has 0 aromatic heterocycles. The van der Waals surface area contributed by atoms with Crippen molar-refractivity contribution in [2.45, 2.75) is 39.2 Å². The van der Waals surface area contributed by atoms with Crippen molar-refractivity contribution >= 4 is 22.9 Å². The maximum absolute atomic E-state index is 2.42. The SMILES string of the molecule is CC1=CC(C)(C)N(I)CCC1. The van der Waals surface area contributed by atoms with E-state index in [1.807, 2.05) is 0 Å². The minimum absolute atomic E-state index is 0.251. The molecular weight excluding hydrogens is 249 g/mol. The van der Waals surface area contributed by atoms with E-state index in [4.69, 9.17) is 0 Å². The number of hydrogen-bond donors (Lipinski definition) is 0. The van der Waals surface area contributed by atoms with E-state index in [2.05, 4.69) is 52.8 Å². The third-order valence-corrected chi connectivity index (χ3v) is 3.88. The molecule has 1 rings (SSSR count). The van der Waals surface area contributed by atoms with Gasteiger partial charge in [0, 0.05) is 34.9 Å². The minimum atomic E-state index is 0.251. The van der Waals surface area contributed by atoms with E-state index < -0.39 is 0 Å². The first-order chi connectivity index (χ1) is 5.02. The fourth-order valence-corrected chi connectivity index (χ4v) is 2.01. The van der Waals surface area contributed by atoms with E-state index in [0.29, 0.717) is 0 Å². The third-order valence-electron chi connectivity index (χ3n) is 2.15. The fourth-order valence-electron chi connectivity index (χ4n) is 1.53. The summed E-state index contributed by atoms with van der Waals surface area (Å²) in [4.78, 5) is 0. The molecule has 0 aromatic rings. The Balaban J connectivity index is 2.79. The van der Waals surface area contributed by atoms with Crippen LogP contribution in [-0.2, 0) is 0 Å². The van der Waals surface area contributed by atoms with Gasteiger partial charge in [0.1, 0.15) is 0 Å². The van der Waals surface area contributed by atoms with Crippen LogP contribution in [0.25, 0.3) is 0 Å². The molecule has 1 aliphatic rings. The van der Waals surface area contributed by atoms with E-state index >= 15 is 0 Å². The van der Waals surface area contributed by atoms with Gasteiger partial charge >= 0.3 is 0 Å². The molecule has 1 aliphatic heterocycles. The summed E-state index contributed by atoms with van der Waals surface area (Å²) in [5.74, 6) is 0. The van der Waals surface area contributed by atoms with Gasteiger partial charge in [-0.2, -0.15) is 0 Å². The second-order valence-corrected chi connectivity index (χ2v) is 5.00. The summed E-state index contributed by atoms with van der Waals surface area (Å²) in [6.45, 7) is 7.99. The van der Waals surface area contributed by atoms with E-state index in [1.54, 1.807) is 0 Å². The maximum atomic E-state index is 2.42. The quantitative estimate of drug-likeness (QED) is 0.369. The summed E-state index contributed by atoms with van der Waals surface area (Å²) in [7, 11) is 0. The Morgan fingerprint density at radius 2 is 2.18 bits per heavy atom. The van der Waals surface area contributed by atoms with Crippen molar-refractivity contribution < 1.29 is 0 Å². The van der Waals surface area contributed by atoms with Crippen LogP contribution in [0.1, 0.15) is 33.6 Å². The van der Waals surface area contributed by atoms with Crippen molar-refractivity contribution in [3.05, 3.63) is 11.6 Å². The summed E-state index contributed by atoms with van der Waals surface area (Å²) < 4.78 is 2.39. The van der Waals surface area contributed by atoms with E-state index in [0.717, 1.165) is 0 Å². The highest BCUT2D eigenvalue weighted by molar-refractivity contribution is 14.1. The fraction of sp³-hybridized carbons (Fsp3) is 0.778. The Labute approximate surface area is 83.3 Å². The first-order valence-corrected chi connectivity index (χ1v) is 5.10. The van der Waals surface area contributed by atoms with Crippen LogP contribution in [-0.4, -0.2) is 15.2 Å². The predicted octanol–water partition coefficient (Wildman–Crippen LogP) is 3.16. The van der Waals surface area contributed by atoms with E-state index in [-0.39, 0.29) is 5.54 Å². The van der Waals surface area contributed by atoms with Crippen molar-refractivity contribution in [3.8, 4) is 0 Å². The van der Waals surface area contributed by atoms with Gasteiger partial charge in [-0.25, -0.2) is 3.11 Å². The smallest absolute Gasteiger partial charge is 0.0430 e. The molecule has 0 saturated heterocycles. The average molecular weight is 265 g/mol. The van der Waals surface area contributed by atoms with Crippen molar-refractivity contribution in [2.24, 2.45) is 0 Å². The molecule has 0 saturated carbocycles. The summed E-state index contributed by atoms with van der Waals surface area (Å²) in [5.41, 5.74) is 1.79. The predicted molar refractivity (Wildman–Crippen MR) is 57.8 cm³/mol. The van der Waals surface area contributed by atoms with Crippen LogP contribution in [0.15, 0.2) is 11.6 Å². The number of nitrogens with zero attached hydrogens (tertiary/aromatic N) is 1. The highest BCUT2D eigenvalue weighted by Crippen LogP contribution is 2.27. The normalized spacial score (nSPS) is 26.0. The monoisotopic (exact) mass is 265 g/mol. The van der Waals surface area contributed by atoms with Crippen molar-refractivity contribution in [2.75, 3.05) is 6.54 Å². The molecule has 0 atom stereocenters. The van der Waals surface area contributed by atoms with Gasteiger partial charge in [-0.05, 0) is 33.6 Å². The zero-order valence-electron chi connectivity index (χ0n) is 7.52. The van der Waals surface area contributed by atoms with Crippen LogP contribution in [0.4, 0.5) is 0 Å². The molecule has 64 valence electrons. The molecule has 2 heteroatoms. The molecule has 1 nitrogen and oxygen atoms in total. The van der Waals surface area contributed by atoms with Crippen LogP contribution >= 0.6 is 22.9 Å². The minimum Gasteiger partial charge on any atom is -0.238 e. The summed E-state index contributed by atoms with van der Waals surface area (Å²) >= 11 is 2.42. The van der Waals surface area contributed by atoms with Crippen molar-refractivity contribution in [1.82, 2.24) is 3.11 Å². The molecule has 0 bridgehead atoms. The number of rotatable bonds is 0. The number of allylic oxidation sites excluding steroid dienone is 1. The molecule has 0 aliphatic carbocycles. The highest BCUT2D eigenvalue weighted by Gasteiger charge is 2.23. The Bertz CT molecular complexity index is 172. The topological polar surface area (TPSA) is 3.24 Å². The first-order valence-electron chi connectivity index (χ1n) is 4.14. The van der Waals surface area contributed by atoms with Crippen molar-refractivity contribution in [3.63, 3.8) is 0 Å². The van der Waals surface area contributed by atoms with Crippen LogP contribution < -0.4 is 0 Å². The lowest BCUT2D eigenvalue weighted by atomic mass is 10.0. The largest absolute Gasteiger partial charge is 0.238 e. The third kappa shape index (κ3) is 2.44. The van der Waals surface area contributed by atoms with Crippen LogP contribution in [0.2, 0.25) is 0 Å².